The molecule has 0 aliphatic carbocycles. The summed E-state index contributed by atoms with van der Waals surface area (Å²) >= 11 is 6.74. The Labute approximate surface area is 177 Å². The van der Waals surface area contributed by atoms with Gasteiger partial charge in [0.1, 0.15) is 0 Å². The molecule has 0 saturated heterocycles. The lowest BCUT2D eigenvalue weighted by Gasteiger charge is -2.14. The highest BCUT2D eigenvalue weighted by molar-refractivity contribution is 7.80. The van der Waals surface area contributed by atoms with Crippen molar-refractivity contribution in [2.45, 2.75) is 19.9 Å². The van der Waals surface area contributed by atoms with Crippen LogP contribution in [-0.4, -0.2) is 31.5 Å². The lowest BCUT2D eigenvalue weighted by molar-refractivity contribution is 0.104. The smallest absolute Gasteiger partial charge is 0.208 e. The van der Waals surface area contributed by atoms with Crippen molar-refractivity contribution in [3.8, 4) is 11.3 Å². The van der Waals surface area contributed by atoms with Crippen molar-refractivity contribution in [1.82, 2.24) is 19.9 Å². The molecular weight excluding hydrogens is 402 g/mol. The highest BCUT2D eigenvalue weighted by atomic mass is 32.1. The minimum absolute atomic E-state index is 0.0693. The Bertz CT molecular complexity index is 1180. The molecule has 3 aromatic heterocycles. The van der Waals surface area contributed by atoms with Crippen molar-refractivity contribution < 1.29 is 4.79 Å². The van der Waals surface area contributed by atoms with Crippen LogP contribution in [0.4, 0.5) is 5.69 Å². The first-order valence-electron chi connectivity index (χ1n) is 9.12. The molecule has 6 nitrogen and oxygen atoms in total. The Balaban J connectivity index is 1.69. The number of hydrogen-bond acceptors (Lipinski definition) is 5. The molecule has 0 spiro atoms. The first-order chi connectivity index (χ1) is 14.0. The van der Waals surface area contributed by atoms with Gasteiger partial charge in [-0.15, -0.1) is 11.3 Å². The quantitative estimate of drug-likeness (QED) is 0.368. The van der Waals surface area contributed by atoms with E-state index in [2.05, 4.69) is 20.7 Å². The normalized spacial score (nSPS) is 11.0. The fraction of sp³-hybridized carbons (Fsp3) is 0.143. The molecule has 4 aromatic rings. The lowest BCUT2D eigenvalue weighted by atomic mass is 10.1. The molecule has 0 amide bonds. The first-order valence-corrected chi connectivity index (χ1v) is 10.4. The summed E-state index contributed by atoms with van der Waals surface area (Å²) in [5.41, 5.74) is 3.68. The summed E-state index contributed by atoms with van der Waals surface area (Å²) in [5, 5.41) is 13.2. The molecule has 0 aliphatic rings. The van der Waals surface area contributed by atoms with Crippen LogP contribution in [0.5, 0.6) is 0 Å². The monoisotopic (exact) mass is 421 g/mol. The van der Waals surface area contributed by atoms with Crippen LogP contribution in [-0.2, 0) is 0 Å². The third-order valence-corrected chi connectivity index (χ3v) is 5.32. The summed E-state index contributed by atoms with van der Waals surface area (Å²) < 4.78 is 1.70. The van der Waals surface area contributed by atoms with E-state index in [0.29, 0.717) is 21.2 Å². The second-order valence-electron chi connectivity index (χ2n) is 6.76. The highest BCUT2D eigenvalue weighted by Gasteiger charge is 2.18. The standard InChI is InChI=1S/C21H19N5OS2/c1-13(2)24-21(28)25-15-6-3-5-14(11-15)17-8-9-22-20-16(12-23-26(17)20)19(27)18-7-4-10-29-18/h3-13H,1-2H3,(H2,24,25,28). The zero-order valence-corrected chi connectivity index (χ0v) is 17.6. The molecule has 0 unspecified atom stereocenters. The number of carbonyl (C=O) groups is 1. The van der Waals surface area contributed by atoms with Gasteiger partial charge in [-0.3, -0.25) is 4.79 Å². The number of fused-ring (bicyclic) bond motifs is 1. The summed E-state index contributed by atoms with van der Waals surface area (Å²) in [6.07, 6.45) is 3.28. The molecule has 0 saturated carbocycles. The summed E-state index contributed by atoms with van der Waals surface area (Å²) in [7, 11) is 0. The average Bonchev–Trinajstić information content (AvgIpc) is 3.37. The van der Waals surface area contributed by atoms with Gasteiger partial charge < -0.3 is 10.6 Å². The number of hydrogen-bond donors (Lipinski definition) is 2. The number of rotatable bonds is 5. The van der Waals surface area contributed by atoms with E-state index in [4.69, 9.17) is 12.2 Å². The van der Waals surface area contributed by atoms with E-state index in [0.717, 1.165) is 16.9 Å². The molecule has 146 valence electrons. The van der Waals surface area contributed by atoms with Crippen LogP contribution in [0.3, 0.4) is 0 Å². The molecule has 8 heteroatoms. The van der Waals surface area contributed by atoms with E-state index in [-0.39, 0.29) is 11.8 Å². The van der Waals surface area contributed by atoms with Crippen molar-refractivity contribution in [2.75, 3.05) is 5.32 Å². The van der Waals surface area contributed by atoms with E-state index in [9.17, 15) is 4.79 Å². The molecule has 3 heterocycles. The zero-order valence-electron chi connectivity index (χ0n) is 15.9. The Kier molecular flexibility index (Phi) is 5.37. The first kappa shape index (κ1) is 19.2. The van der Waals surface area contributed by atoms with Crippen LogP contribution in [0.15, 0.2) is 60.2 Å². The predicted molar refractivity (Wildman–Crippen MR) is 121 cm³/mol. The predicted octanol–water partition coefficient (Wildman–Crippen LogP) is 4.38. The van der Waals surface area contributed by atoms with Gasteiger partial charge in [0.05, 0.1) is 22.3 Å². The highest BCUT2D eigenvalue weighted by Crippen LogP contribution is 2.25. The van der Waals surface area contributed by atoms with Crippen molar-refractivity contribution in [3.05, 3.63) is 70.7 Å². The van der Waals surface area contributed by atoms with Crippen molar-refractivity contribution in [3.63, 3.8) is 0 Å². The van der Waals surface area contributed by atoms with Gasteiger partial charge in [0.25, 0.3) is 0 Å². The van der Waals surface area contributed by atoms with Gasteiger partial charge in [-0.1, -0.05) is 18.2 Å². The summed E-state index contributed by atoms with van der Waals surface area (Å²) in [4.78, 5) is 17.8. The third kappa shape index (κ3) is 4.03. The summed E-state index contributed by atoms with van der Waals surface area (Å²) in [6.45, 7) is 4.07. The van der Waals surface area contributed by atoms with Crippen LogP contribution in [0.1, 0.15) is 29.1 Å². The fourth-order valence-electron chi connectivity index (χ4n) is 3.00. The van der Waals surface area contributed by atoms with E-state index in [1.165, 1.54) is 11.3 Å². The number of carbonyl (C=O) groups excluding carboxylic acids is 1. The molecule has 0 radical (unpaired) electrons. The van der Waals surface area contributed by atoms with Crippen LogP contribution in [0, 0.1) is 0 Å². The zero-order chi connectivity index (χ0) is 20.4. The van der Waals surface area contributed by atoms with Gasteiger partial charge in [-0.25, -0.2) is 9.50 Å². The minimum atomic E-state index is -0.0693. The number of nitrogens with one attached hydrogen (secondary N) is 2. The second-order valence-corrected chi connectivity index (χ2v) is 8.12. The number of anilines is 1. The molecule has 4 rings (SSSR count). The maximum atomic E-state index is 12.8. The molecule has 1 aromatic carbocycles. The van der Waals surface area contributed by atoms with E-state index in [1.807, 2.05) is 61.7 Å². The second kappa shape index (κ2) is 8.10. The molecule has 0 aliphatic heterocycles. The molecule has 29 heavy (non-hydrogen) atoms. The van der Waals surface area contributed by atoms with E-state index >= 15 is 0 Å². The summed E-state index contributed by atoms with van der Waals surface area (Å²) in [6, 6.07) is 13.7. The SMILES string of the molecule is CC(C)NC(=S)Nc1cccc(-c2ccnc3c(C(=O)c4cccs4)cnn23)c1. The van der Waals surface area contributed by atoms with Gasteiger partial charge in [-0.05, 0) is 55.7 Å². The van der Waals surface area contributed by atoms with E-state index in [1.54, 1.807) is 16.9 Å². The molecule has 0 atom stereocenters. The average molecular weight is 422 g/mol. The maximum absolute atomic E-state index is 12.8. The minimum Gasteiger partial charge on any atom is -0.360 e. The molecular formula is C21H19N5OS2. The largest absolute Gasteiger partial charge is 0.360 e. The maximum Gasteiger partial charge on any atom is 0.208 e. The topological polar surface area (TPSA) is 71.3 Å². The van der Waals surface area contributed by atoms with Gasteiger partial charge in [0, 0.05) is 23.5 Å². The molecule has 0 bridgehead atoms. The molecule has 0 fully saturated rings. The van der Waals surface area contributed by atoms with Gasteiger partial charge >= 0.3 is 0 Å². The Morgan fingerprint density at radius 2 is 2.07 bits per heavy atom. The third-order valence-electron chi connectivity index (χ3n) is 4.23. The number of thiocarbonyl (C=S) groups is 1. The van der Waals surface area contributed by atoms with E-state index < -0.39 is 0 Å². The number of nitrogens with zero attached hydrogens (tertiary/aromatic N) is 3. The van der Waals surface area contributed by atoms with Gasteiger partial charge in [-0.2, -0.15) is 5.10 Å². The van der Waals surface area contributed by atoms with Crippen LogP contribution < -0.4 is 10.6 Å². The van der Waals surface area contributed by atoms with Crippen LogP contribution >= 0.6 is 23.6 Å². The number of ketones is 1. The Hall–Kier alpha value is -3.10. The Morgan fingerprint density at radius 3 is 2.83 bits per heavy atom. The van der Waals surface area contributed by atoms with Crippen molar-refractivity contribution in [1.29, 1.82) is 0 Å². The number of thiophene rings is 1. The lowest BCUT2D eigenvalue weighted by Crippen LogP contribution is -2.33. The molecule has 2 N–H and O–H groups in total. The number of benzene rings is 1. The van der Waals surface area contributed by atoms with Crippen molar-refractivity contribution >= 4 is 45.8 Å². The summed E-state index contributed by atoms with van der Waals surface area (Å²) in [5.74, 6) is -0.0693. The Morgan fingerprint density at radius 1 is 1.21 bits per heavy atom. The number of aromatic nitrogens is 3. The van der Waals surface area contributed by atoms with Crippen molar-refractivity contribution in [2.24, 2.45) is 0 Å². The van der Waals surface area contributed by atoms with Crippen LogP contribution in [0.2, 0.25) is 0 Å². The van der Waals surface area contributed by atoms with Crippen LogP contribution in [0.25, 0.3) is 16.9 Å². The fourth-order valence-corrected chi connectivity index (χ4v) is 4.03. The van der Waals surface area contributed by atoms with Gasteiger partial charge in [0.15, 0.2) is 10.8 Å². The van der Waals surface area contributed by atoms with Gasteiger partial charge in [0.2, 0.25) is 5.78 Å².